The first-order chi connectivity index (χ1) is 9.60. The van der Waals surface area contributed by atoms with Gasteiger partial charge in [-0.25, -0.2) is 0 Å². The van der Waals surface area contributed by atoms with Crippen LogP contribution in [0.15, 0.2) is 42.5 Å². The minimum absolute atomic E-state index is 0.262. The average Bonchev–Trinajstić information content (AvgIpc) is 2.42. The molecule has 0 radical (unpaired) electrons. The molecule has 2 aromatic carbocycles. The van der Waals surface area contributed by atoms with Crippen molar-refractivity contribution in [3.63, 3.8) is 0 Å². The lowest BCUT2D eigenvalue weighted by Crippen LogP contribution is -2.38. The van der Waals surface area contributed by atoms with Gasteiger partial charge < -0.3 is 0 Å². The summed E-state index contributed by atoms with van der Waals surface area (Å²) in [4.78, 5) is 0. The van der Waals surface area contributed by atoms with Crippen LogP contribution >= 0.6 is 0 Å². The van der Waals surface area contributed by atoms with Crippen molar-refractivity contribution in [2.24, 2.45) is 5.84 Å². The van der Waals surface area contributed by atoms with E-state index in [0.717, 1.165) is 12.8 Å². The van der Waals surface area contributed by atoms with Crippen molar-refractivity contribution >= 4 is 0 Å². The zero-order valence-electron chi connectivity index (χ0n) is 12.6. The van der Waals surface area contributed by atoms with Crippen molar-refractivity contribution < 1.29 is 0 Å². The number of aryl methyl sites for hydroxylation is 3. The Morgan fingerprint density at radius 3 is 2.10 bits per heavy atom. The van der Waals surface area contributed by atoms with Gasteiger partial charge in [-0.15, -0.1) is 0 Å². The van der Waals surface area contributed by atoms with Crippen LogP contribution in [0.3, 0.4) is 0 Å². The molecule has 1 atom stereocenters. The van der Waals surface area contributed by atoms with E-state index >= 15 is 0 Å². The van der Waals surface area contributed by atoms with E-state index in [2.05, 4.69) is 62.6 Å². The van der Waals surface area contributed by atoms with E-state index in [1.807, 2.05) is 6.07 Å². The van der Waals surface area contributed by atoms with Gasteiger partial charge in [-0.3, -0.25) is 11.3 Å². The summed E-state index contributed by atoms with van der Waals surface area (Å²) in [7, 11) is 0. The summed E-state index contributed by atoms with van der Waals surface area (Å²) in [5, 5.41) is 0. The molecule has 1 unspecified atom stereocenters. The molecule has 0 amide bonds. The van der Waals surface area contributed by atoms with Gasteiger partial charge >= 0.3 is 0 Å². The average molecular weight is 268 g/mol. The van der Waals surface area contributed by atoms with E-state index in [9.17, 15) is 0 Å². The Balaban J connectivity index is 2.15. The highest BCUT2D eigenvalue weighted by Crippen LogP contribution is 2.19. The van der Waals surface area contributed by atoms with Crippen LogP contribution in [-0.2, 0) is 12.8 Å². The van der Waals surface area contributed by atoms with E-state index in [1.54, 1.807) is 0 Å². The molecule has 0 heterocycles. The third-order valence-electron chi connectivity index (χ3n) is 3.85. The largest absolute Gasteiger partial charge is 0.271 e. The maximum absolute atomic E-state index is 5.75. The fourth-order valence-corrected chi connectivity index (χ4v) is 2.87. The molecule has 0 fully saturated rings. The van der Waals surface area contributed by atoms with Gasteiger partial charge in [0.15, 0.2) is 0 Å². The normalized spacial score (nSPS) is 12.4. The van der Waals surface area contributed by atoms with Crippen LogP contribution in [0.5, 0.6) is 0 Å². The smallest absolute Gasteiger partial charge is 0.0291 e. The van der Waals surface area contributed by atoms with Crippen LogP contribution < -0.4 is 11.3 Å². The molecule has 20 heavy (non-hydrogen) atoms. The lowest BCUT2D eigenvalue weighted by Gasteiger charge is -2.19. The highest BCUT2D eigenvalue weighted by molar-refractivity contribution is 5.38. The van der Waals surface area contributed by atoms with Crippen molar-refractivity contribution in [3.8, 4) is 0 Å². The number of hydrogen-bond donors (Lipinski definition) is 2. The summed E-state index contributed by atoms with van der Waals surface area (Å²) >= 11 is 0. The van der Waals surface area contributed by atoms with Crippen LogP contribution in [0.1, 0.15) is 27.8 Å². The summed E-state index contributed by atoms with van der Waals surface area (Å²) in [6.07, 6.45) is 1.91. The lowest BCUT2D eigenvalue weighted by molar-refractivity contribution is 0.520. The summed E-state index contributed by atoms with van der Waals surface area (Å²) in [6.45, 7) is 6.52. The van der Waals surface area contributed by atoms with Crippen molar-refractivity contribution in [1.29, 1.82) is 0 Å². The molecule has 2 heteroatoms. The first-order valence-corrected chi connectivity index (χ1v) is 7.17. The number of hydrazine groups is 1. The molecule has 0 saturated carbocycles. The summed E-state index contributed by atoms with van der Waals surface area (Å²) in [5.74, 6) is 5.75. The Labute approximate surface area is 122 Å². The molecule has 0 spiro atoms. The van der Waals surface area contributed by atoms with Gasteiger partial charge in [-0.05, 0) is 55.9 Å². The number of nitrogens with two attached hydrogens (primary N) is 1. The highest BCUT2D eigenvalue weighted by Gasteiger charge is 2.12. The van der Waals surface area contributed by atoms with E-state index in [4.69, 9.17) is 5.84 Å². The molecule has 0 aliphatic carbocycles. The molecule has 0 aromatic heterocycles. The third kappa shape index (κ3) is 3.69. The van der Waals surface area contributed by atoms with Gasteiger partial charge in [0.1, 0.15) is 0 Å². The van der Waals surface area contributed by atoms with Crippen LogP contribution in [-0.4, -0.2) is 6.04 Å². The van der Waals surface area contributed by atoms with Crippen molar-refractivity contribution in [3.05, 3.63) is 70.3 Å². The fraction of sp³-hybridized carbons (Fsp3) is 0.333. The van der Waals surface area contributed by atoms with Gasteiger partial charge in [0.2, 0.25) is 0 Å². The minimum Gasteiger partial charge on any atom is -0.271 e. The Hall–Kier alpha value is -1.64. The first-order valence-electron chi connectivity index (χ1n) is 7.17. The number of benzene rings is 2. The molecule has 2 aromatic rings. The zero-order chi connectivity index (χ0) is 14.5. The second-order valence-corrected chi connectivity index (χ2v) is 5.63. The van der Waals surface area contributed by atoms with Crippen LogP contribution in [0, 0.1) is 20.8 Å². The van der Waals surface area contributed by atoms with E-state index in [1.165, 1.54) is 27.8 Å². The van der Waals surface area contributed by atoms with E-state index < -0.39 is 0 Å². The molecule has 0 saturated heterocycles. The van der Waals surface area contributed by atoms with Crippen LogP contribution in [0.2, 0.25) is 0 Å². The SMILES string of the molecule is Cc1cc(C)c(CC(Cc2ccccc2)NN)c(C)c1. The predicted octanol–water partition coefficient (Wildman–Crippen LogP) is 3.23. The second-order valence-electron chi connectivity index (χ2n) is 5.63. The highest BCUT2D eigenvalue weighted by atomic mass is 15.2. The quantitative estimate of drug-likeness (QED) is 0.645. The maximum Gasteiger partial charge on any atom is 0.0291 e. The molecule has 0 aliphatic heterocycles. The van der Waals surface area contributed by atoms with Gasteiger partial charge in [-0.2, -0.15) is 0 Å². The van der Waals surface area contributed by atoms with Gasteiger partial charge in [-0.1, -0.05) is 48.0 Å². The Bertz CT molecular complexity index is 538. The van der Waals surface area contributed by atoms with Crippen molar-refractivity contribution in [2.75, 3.05) is 0 Å². The molecule has 0 bridgehead atoms. The number of nitrogens with one attached hydrogen (secondary N) is 1. The predicted molar refractivity (Wildman–Crippen MR) is 85.6 cm³/mol. The van der Waals surface area contributed by atoms with Crippen LogP contribution in [0.4, 0.5) is 0 Å². The molecule has 2 rings (SSSR count). The molecule has 2 nitrogen and oxygen atoms in total. The van der Waals surface area contributed by atoms with Crippen LogP contribution in [0.25, 0.3) is 0 Å². The molecule has 106 valence electrons. The maximum atomic E-state index is 5.75. The fourth-order valence-electron chi connectivity index (χ4n) is 2.87. The molecule has 3 N–H and O–H groups in total. The topological polar surface area (TPSA) is 38.0 Å². The lowest BCUT2D eigenvalue weighted by atomic mass is 9.92. The van der Waals surface area contributed by atoms with Crippen molar-refractivity contribution in [1.82, 2.24) is 5.43 Å². The van der Waals surface area contributed by atoms with Crippen molar-refractivity contribution in [2.45, 2.75) is 39.7 Å². The standard InChI is InChI=1S/C18H24N2/c1-13-9-14(2)18(15(3)10-13)12-17(20-19)11-16-7-5-4-6-8-16/h4-10,17,20H,11-12,19H2,1-3H3. The summed E-state index contributed by atoms with van der Waals surface area (Å²) in [6, 6.07) is 15.3. The number of rotatable bonds is 5. The van der Waals surface area contributed by atoms with E-state index in [-0.39, 0.29) is 6.04 Å². The zero-order valence-corrected chi connectivity index (χ0v) is 12.6. The van der Waals surface area contributed by atoms with Gasteiger partial charge in [0, 0.05) is 6.04 Å². The molecule has 0 aliphatic rings. The molecular formula is C18H24N2. The Morgan fingerprint density at radius 1 is 0.950 bits per heavy atom. The molecular weight excluding hydrogens is 244 g/mol. The number of hydrogen-bond acceptors (Lipinski definition) is 2. The second kappa shape index (κ2) is 6.69. The van der Waals surface area contributed by atoms with Gasteiger partial charge in [0.25, 0.3) is 0 Å². The summed E-state index contributed by atoms with van der Waals surface area (Å²) < 4.78 is 0. The summed E-state index contributed by atoms with van der Waals surface area (Å²) in [5.41, 5.74) is 9.73. The Morgan fingerprint density at radius 2 is 1.55 bits per heavy atom. The van der Waals surface area contributed by atoms with E-state index in [0.29, 0.717) is 0 Å². The van der Waals surface area contributed by atoms with Gasteiger partial charge in [0.05, 0.1) is 0 Å². The minimum atomic E-state index is 0.262. The first kappa shape index (κ1) is 14.8. The third-order valence-corrected chi connectivity index (χ3v) is 3.85. The monoisotopic (exact) mass is 268 g/mol. The Kier molecular flexibility index (Phi) is 4.94.